The normalized spacial score (nSPS) is 12.9. The van der Waals surface area contributed by atoms with Crippen LogP contribution in [0.1, 0.15) is 30.2 Å². The highest BCUT2D eigenvalue weighted by Gasteiger charge is 2.11. The Labute approximate surface area is 117 Å². The average Bonchev–Trinajstić information content (AvgIpc) is 2.61. The van der Waals surface area contributed by atoms with Gasteiger partial charge in [0.15, 0.2) is 0 Å². The van der Waals surface area contributed by atoms with E-state index in [9.17, 15) is 0 Å². The molecule has 2 aromatic heterocycles. The predicted molar refractivity (Wildman–Crippen MR) is 79.9 cm³/mol. The molecular formula is C13H18ClN3S. The van der Waals surface area contributed by atoms with Gasteiger partial charge in [0.2, 0.25) is 0 Å². The van der Waals surface area contributed by atoms with Crippen LogP contribution in [0.5, 0.6) is 0 Å². The quantitative estimate of drug-likeness (QED) is 0.662. The molecule has 2 rings (SSSR count). The molecule has 1 N–H and O–H groups in total. The Bertz CT molecular complexity index is 536. The van der Waals surface area contributed by atoms with Crippen molar-refractivity contribution in [2.24, 2.45) is 0 Å². The van der Waals surface area contributed by atoms with Crippen LogP contribution >= 0.6 is 22.9 Å². The van der Waals surface area contributed by atoms with Crippen molar-refractivity contribution >= 4 is 39.0 Å². The molecular weight excluding hydrogens is 266 g/mol. The summed E-state index contributed by atoms with van der Waals surface area (Å²) in [5.41, 5.74) is 1.28. The van der Waals surface area contributed by atoms with Crippen LogP contribution in [0, 0.1) is 13.8 Å². The first-order valence-electron chi connectivity index (χ1n) is 6.18. The van der Waals surface area contributed by atoms with E-state index in [2.05, 4.69) is 29.1 Å². The minimum Gasteiger partial charge on any atom is -0.369 e. The first kappa shape index (κ1) is 13.6. The first-order valence-corrected chi connectivity index (χ1v) is 7.43. The smallest absolute Gasteiger partial charge is 0.138 e. The molecule has 0 spiro atoms. The van der Waals surface area contributed by atoms with Crippen molar-refractivity contribution in [1.29, 1.82) is 0 Å². The second kappa shape index (κ2) is 5.85. The lowest BCUT2D eigenvalue weighted by atomic mass is 10.2. The highest BCUT2D eigenvalue weighted by molar-refractivity contribution is 7.18. The molecule has 18 heavy (non-hydrogen) atoms. The summed E-state index contributed by atoms with van der Waals surface area (Å²) < 4.78 is 0. The summed E-state index contributed by atoms with van der Waals surface area (Å²) in [4.78, 5) is 11.0. The minimum absolute atomic E-state index is 0.238. The van der Waals surface area contributed by atoms with Crippen LogP contribution in [0.3, 0.4) is 0 Å². The molecule has 0 aliphatic rings. The molecule has 98 valence electrons. The van der Waals surface area contributed by atoms with Crippen molar-refractivity contribution < 1.29 is 0 Å². The lowest BCUT2D eigenvalue weighted by molar-refractivity contribution is 0.749. The van der Waals surface area contributed by atoms with E-state index in [-0.39, 0.29) is 5.38 Å². The fourth-order valence-electron chi connectivity index (χ4n) is 1.91. The van der Waals surface area contributed by atoms with Gasteiger partial charge in [-0.15, -0.1) is 22.9 Å². The third-order valence-electron chi connectivity index (χ3n) is 3.04. The topological polar surface area (TPSA) is 37.8 Å². The molecule has 5 heteroatoms. The number of halogens is 1. The zero-order valence-electron chi connectivity index (χ0n) is 11.0. The second-order valence-corrected chi connectivity index (χ2v) is 6.48. The molecule has 0 bridgehead atoms. The van der Waals surface area contributed by atoms with E-state index in [1.807, 2.05) is 6.92 Å². The van der Waals surface area contributed by atoms with Gasteiger partial charge in [-0.3, -0.25) is 0 Å². The van der Waals surface area contributed by atoms with Crippen LogP contribution in [0.15, 0.2) is 6.33 Å². The van der Waals surface area contributed by atoms with Crippen molar-refractivity contribution in [2.45, 2.75) is 39.0 Å². The molecule has 0 aliphatic carbocycles. The zero-order chi connectivity index (χ0) is 13.1. The van der Waals surface area contributed by atoms with E-state index in [1.54, 1.807) is 17.7 Å². The molecule has 0 aliphatic heterocycles. The molecule has 3 nitrogen and oxygen atoms in total. The van der Waals surface area contributed by atoms with Crippen molar-refractivity contribution in [1.82, 2.24) is 9.97 Å². The Morgan fingerprint density at radius 2 is 2.17 bits per heavy atom. The fourth-order valence-corrected chi connectivity index (χ4v) is 3.06. The lowest BCUT2D eigenvalue weighted by Crippen LogP contribution is -2.06. The van der Waals surface area contributed by atoms with E-state index < -0.39 is 0 Å². The monoisotopic (exact) mass is 283 g/mol. The maximum Gasteiger partial charge on any atom is 0.138 e. The second-order valence-electron chi connectivity index (χ2n) is 4.54. The number of nitrogens with zero attached hydrogens (tertiary/aromatic N) is 2. The first-order chi connectivity index (χ1) is 8.59. The molecule has 1 unspecified atom stereocenters. The van der Waals surface area contributed by atoms with Gasteiger partial charge in [-0.2, -0.15) is 0 Å². The van der Waals surface area contributed by atoms with Crippen LogP contribution < -0.4 is 5.32 Å². The van der Waals surface area contributed by atoms with Gasteiger partial charge < -0.3 is 5.32 Å². The fraction of sp³-hybridized carbons (Fsp3) is 0.538. The zero-order valence-corrected chi connectivity index (χ0v) is 12.5. The molecule has 0 fully saturated rings. The van der Waals surface area contributed by atoms with Gasteiger partial charge in [0.05, 0.1) is 5.39 Å². The summed E-state index contributed by atoms with van der Waals surface area (Å²) in [5, 5.41) is 4.80. The van der Waals surface area contributed by atoms with Crippen LogP contribution in [0.2, 0.25) is 0 Å². The summed E-state index contributed by atoms with van der Waals surface area (Å²) in [5.74, 6) is 0.948. The number of anilines is 1. The van der Waals surface area contributed by atoms with E-state index in [4.69, 9.17) is 11.6 Å². The van der Waals surface area contributed by atoms with E-state index in [0.29, 0.717) is 0 Å². The summed E-state index contributed by atoms with van der Waals surface area (Å²) >= 11 is 7.66. The van der Waals surface area contributed by atoms with Gasteiger partial charge in [-0.25, -0.2) is 9.97 Å². The number of aryl methyl sites for hydroxylation is 2. The predicted octanol–water partition coefficient (Wildman–Crippen LogP) is 4.13. The Morgan fingerprint density at radius 3 is 2.89 bits per heavy atom. The summed E-state index contributed by atoms with van der Waals surface area (Å²) in [7, 11) is 0. The van der Waals surface area contributed by atoms with E-state index in [1.165, 1.54) is 15.8 Å². The number of rotatable bonds is 5. The molecule has 0 aromatic carbocycles. The van der Waals surface area contributed by atoms with Crippen molar-refractivity contribution in [3.05, 3.63) is 16.8 Å². The number of fused-ring (bicyclic) bond motifs is 1. The maximum absolute atomic E-state index is 5.93. The largest absolute Gasteiger partial charge is 0.369 e. The van der Waals surface area contributed by atoms with Gasteiger partial charge in [-0.05, 0) is 39.2 Å². The van der Waals surface area contributed by atoms with E-state index in [0.717, 1.165) is 30.0 Å². The van der Waals surface area contributed by atoms with Gasteiger partial charge in [-0.1, -0.05) is 0 Å². The van der Waals surface area contributed by atoms with Gasteiger partial charge in [0, 0.05) is 16.8 Å². The number of nitrogens with one attached hydrogen (secondary N) is 1. The van der Waals surface area contributed by atoms with Crippen LogP contribution in [0.25, 0.3) is 10.2 Å². The van der Waals surface area contributed by atoms with Crippen molar-refractivity contribution in [2.75, 3.05) is 11.9 Å². The van der Waals surface area contributed by atoms with E-state index >= 15 is 0 Å². The minimum atomic E-state index is 0.238. The number of hydrogen-bond donors (Lipinski definition) is 1. The number of aromatic nitrogens is 2. The summed E-state index contributed by atoms with van der Waals surface area (Å²) in [6.07, 6.45) is 3.70. The lowest BCUT2D eigenvalue weighted by Gasteiger charge is -2.07. The highest BCUT2D eigenvalue weighted by atomic mass is 35.5. The van der Waals surface area contributed by atoms with Crippen LogP contribution in [0.4, 0.5) is 5.82 Å². The number of thiophene rings is 1. The third-order valence-corrected chi connectivity index (χ3v) is 4.37. The van der Waals surface area contributed by atoms with Crippen LogP contribution in [-0.4, -0.2) is 21.9 Å². The molecule has 0 amide bonds. The Kier molecular flexibility index (Phi) is 4.40. The Balaban J connectivity index is 2.13. The summed E-state index contributed by atoms with van der Waals surface area (Å²) in [6, 6.07) is 0. The van der Waals surface area contributed by atoms with Gasteiger partial charge in [0.1, 0.15) is 17.0 Å². The molecule has 0 saturated heterocycles. The third kappa shape index (κ3) is 2.93. The molecule has 2 heterocycles. The number of hydrogen-bond acceptors (Lipinski definition) is 4. The van der Waals surface area contributed by atoms with Crippen molar-refractivity contribution in [3.8, 4) is 0 Å². The highest BCUT2D eigenvalue weighted by Crippen LogP contribution is 2.32. The molecule has 2 aromatic rings. The van der Waals surface area contributed by atoms with Crippen molar-refractivity contribution in [3.63, 3.8) is 0 Å². The average molecular weight is 284 g/mol. The summed E-state index contributed by atoms with van der Waals surface area (Å²) in [6.45, 7) is 7.18. The standard InChI is InChI=1S/C13H18ClN3S/c1-8(14)5-4-6-15-12-11-9(2)10(3)18-13(11)17-7-16-12/h7-8H,4-6H2,1-3H3,(H,15,16,17). The molecule has 0 saturated carbocycles. The molecule has 1 atom stereocenters. The Hall–Kier alpha value is -0.870. The van der Waals surface area contributed by atoms with Crippen LogP contribution in [-0.2, 0) is 0 Å². The van der Waals surface area contributed by atoms with Gasteiger partial charge >= 0.3 is 0 Å². The maximum atomic E-state index is 5.93. The number of alkyl halides is 1. The van der Waals surface area contributed by atoms with Gasteiger partial charge in [0.25, 0.3) is 0 Å². The molecule has 0 radical (unpaired) electrons. The SMILES string of the molecule is Cc1sc2ncnc(NCCCC(C)Cl)c2c1C. The Morgan fingerprint density at radius 1 is 1.39 bits per heavy atom.